The van der Waals surface area contributed by atoms with Crippen LogP contribution in [0.15, 0.2) is 107 Å². The van der Waals surface area contributed by atoms with Crippen molar-refractivity contribution in [3.63, 3.8) is 0 Å². The number of hydrogen-bond donors (Lipinski definition) is 2. The van der Waals surface area contributed by atoms with Gasteiger partial charge in [0.15, 0.2) is 0 Å². The predicted octanol–water partition coefficient (Wildman–Crippen LogP) is 5.44. The van der Waals surface area contributed by atoms with Gasteiger partial charge in [-0.3, -0.25) is 0 Å². The fourth-order valence-corrected chi connectivity index (χ4v) is 3.77. The first-order valence-electron chi connectivity index (χ1n) is 10.00. The minimum atomic E-state index is -0.467. The van der Waals surface area contributed by atoms with E-state index in [4.69, 9.17) is 20.9 Å². The lowest BCUT2D eigenvalue weighted by atomic mass is 10.2. The normalized spacial score (nSPS) is 10.4. The zero-order chi connectivity index (χ0) is 23.2. The van der Waals surface area contributed by atoms with Crippen molar-refractivity contribution in [2.75, 3.05) is 11.5 Å². The summed E-state index contributed by atoms with van der Waals surface area (Å²) in [5, 5.41) is 0. The number of hydrogen-bond acceptors (Lipinski definition) is 7. The number of esters is 2. The highest BCUT2D eigenvalue weighted by atomic mass is 32.2. The monoisotopic (exact) mass is 456 g/mol. The van der Waals surface area contributed by atoms with Crippen molar-refractivity contribution in [1.82, 2.24) is 0 Å². The number of rotatable bonds is 6. The molecule has 0 saturated carbocycles. The molecule has 7 heteroatoms. The molecule has 0 fully saturated rings. The van der Waals surface area contributed by atoms with Gasteiger partial charge in [-0.05, 0) is 84.9 Å². The molecule has 0 spiro atoms. The van der Waals surface area contributed by atoms with Crippen molar-refractivity contribution >= 4 is 35.1 Å². The molecule has 4 aromatic rings. The summed E-state index contributed by atoms with van der Waals surface area (Å²) in [6, 6.07) is 27.6. The summed E-state index contributed by atoms with van der Waals surface area (Å²) in [6.07, 6.45) is 0. The number of nitrogen functional groups attached to an aromatic ring is 2. The minimum absolute atomic E-state index is 0.393. The van der Waals surface area contributed by atoms with Gasteiger partial charge < -0.3 is 20.9 Å². The molecule has 0 bridgehead atoms. The first kappa shape index (κ1) is 22.0. The van der Waals surface area contributed by atoms with Crippen molar-refractivity contribution in [2.45, 2.75) is 9.79 Å². The standard InChI is InChI=1S/C26H20N2O4S/c27-19-5-1-3-17(15-19)25(29)31-21-7-11-23(12-8-21)33-24-13-9-22(10-14-24)32-26(30)18-4-2-6-20(28)16-18/h1-16H,27-28H2. The van der Waals surface area contributed by atoms with Crippen molar-refractivity contribution in [3.05, 3.63) is 108 Å². The van der Waals surface area contributed by atoms with E-state index in [9.17, 15) is 9.59 Å². The van der Waals surface area contributed by atoms with Crippen molar-refractivity contribution in [1.29, 1.82) is 0 Å². The predicted molar refractivity (Wildman–Crippen MR) is 129 cm³/mol. The van der Waals surface area contributed by atoms with E-state index >= 15 is 0 Å². The molecule has 0 radical (unpaired) electrons. The molecule has 33 heavy (non-hydrogen) atoms. The Balaban J connectivity index is 1.34. The minimum Gasteiger partial charge on any atom is -0.423 e. The third-order valence-electron chi connectivity index (χ3n) is 4.55. The zero-order valence-corrected chi connectivity index (χ0v) is 18.3. The van der Waals surface area contributed by atoms with E-state index in [1.807, 2.05) is 24.3 Å². The van der Waals surface area contributed by atoms with Crippen LogP contribution in [0.1, 0.15) is 20.7 Å². The molecule has 6 nitrogen and oxygen atoms in total. The van der Waals surface area contributed by atoms with Gasteiger partial charge in [0, 0.05) is 21.2 Å². The molecule has 0 amide bonds. The van der Waals surface area contributed by atoms with Crippen LogP contribution in [0.3, 0.4) is 0 Å². The Morgan fingerprint density at radius 1 is 0.576 bits per heavy atom. The third kappa shape index (κ3) is 5.93. The highest BCUT2D eigenvalue weighted by molar-refractivity contribution is 7.99. The molecule has 0 atom stereocenters. The number of ether oxygens (including phenoxy) is 2. The van der Waals surface area contributed by atoms with Crippen molar-refractivity contribution in [2.24, 2.45) is 0 Å². The van der Waals surface area contributed by atoms with Crippen LogP contribution in [0, 0.1) is 0 Å². The van der Waals surface area contributed by atoms with Gasteiger partial charge in [-0.1, -0.05) is 23.9 Å². The second kappa shape index (κ2) is 9.93. The summed E-state index contributed by atoms with van der Waals surface area (Å²) < 4.78 is 10.8. The molecule has 4 N–H and O–H groups in total. The van der Waals surface area contributed by atoms with Crippen LogP contribution < -0.4 is 20.9 Å². The fourth-order valence-electron chi connectivity index (χ4n) is 2.95. The molecule has 4 aromatic carbocycles. The van der Waals surface area contributed by atoms with E-state index in [1.54, 1.807) is 72.8 Å². The number of anilines is 2. The summed E-state index contributed by atoms with van der Waals surface area (Å²) in [4.78, 5) is 26.4. The highest BCUT2D eigenvalue weighted by Crippen LogP contribution is 2.30. The molecule has 0 saturated heterocycles. The first-order chi connectivity index (χ1) is 16.0. The Labute approximate surface area is 195 Å². The van der Waals surface area contributed by atoms with Crippen LogP contribution in [0.25, 0.3) is 0 Å². The molecule has 4 rings (SSSR count). The highest BCUT2D eigenvalue weighted by Gasteiger charge is 2.10. The van der Waals surface area contributed by atoms with E-state index in [1.165, 1.54) is 11.8 Å². The fraction of sp³-hybridized carbons (Fsp3) is 0. The zero-order valence-electron chi connectivity index (χ0n) is 17.4. The number of benzene rings is 4. The topological polar surface area (TPSA) is 105 Å². The lowest BCUT2D eigenvalue weighted by Crippen LogP contribution is -2.08. The Kier molecular flexibility index (Phi) is 6.61. The first-order valence-corrected chi connectivity index (χ1v) is 10.8. The molecule has 0 aliphatic carbocycles. The number of nitrogens with two attached hydrogens (primary N) is 2. The average molecular weight is 457 g/mol. The summed E-state index contributed by atoms with van der Waals surface area (Å²) in [5.74, 6) is -0.0526. The Morgan fingerprint density at radius 3 is 1.33 bits per heavy atom. The molecule has 0 aliphatic heterocycles. The maximum absolute atomic E-state index is 12.2. The van der Waals surface area contributed by atoms with Gasteiger partial charge in [0.1, 0.15) is 11.5 Å². The molecule has 0 aliphatic rings. The average Bonchev–Trinajstić information content (AvgIpc) is 2.81. The van der Waals surface area contributed by atoms with E-state index < -0.39 is 11.9 Å². The lowest BCUT2D eigenvalue weighted by Gasteiger charge is -2.08. The van der Waals surface area contributed by atoms with Gasteiger partial charge in [-0.25, -0.2) is 9.59 Å². The van der Waals surface area contributed by atoms with Gasteiger partial charge in [-0.2, -0.15) is 0 Å². The quantitative estimate of drug-likeness (QED) is 0.226. The summed E-state index contributed by atoms with van der Waals surface area (Å²) >= 11 is 1.53. The second-order valence-corrected chi connectivity index (χ2v) is 8.22. The Hall–Kier alpha value is -4.23. The Morgan fingerprint density at radius 2 is 0.970 bits per heavy atom. The Bertz CT molecular complexity index is 1190. The smallest absolute Gasteiger partial charge is 0.343 e. The lowest BCUT2D eigenvalue weighted by molar-refractivity contribution is 0.0725. The van der Waals surface area contributed by atoms with E-state index in [0.29, 0.717) is 34.0 Å². The molecular weight excluding hydrogens is 436 g/mol. The van der Waals surface area contributed by atoms with Gasteiger partial charge in [0.25, 0.3) is 0 Å². The van der Waals surface area contributed by atoms with Crippen molar-refractivity contribution in [3.8, 4) is 11.5 Å². The second-order valence-electron chi connectivity index (χ2n) is 7.07. The maximum Gasteiger partial charge on any atom is 0.343 e. The van der Waals surface area contributed by atoms with Crippen molar-refractivity contribution < 1.29 is 19.1 Å². The van der Waals surface area contributed by atoms with E-state index in [2.05, 4.69) is 0 Å². The number of carbonyl (C=O) groups is 2. The molecule has 0 heterocycles. The van der Waals surface area contributed by atoms with E-state index in [0.717, 1.165) is 9.79 Å². The van der Waals surface area contributed by atoms with Gasteiger partial charge in [0.2, 0.25) is 0 Å². The van der Waals surface area contributed by atoms with Gasteiger partial charge in [0.05, 0.1) is 11.1 Å². The largest absolute Gasteiger partial charge is 0.423 e. The van der Waals surface area contributed by atoms with Crippen LogP contribution in [0.4, 0.5) is 11.4 Å². The van der Waals surface area contributed by atoms with Crippen LogP contribution in [0.5, 0.6) is 11.5 Å². The summed E-state index contributed by atoms with van der Waals surface area (Å²) in [5.41, 5.74) is 13.2. The molecule has 0 aromatic heterocycles. The molecule has 0 unspecified atom stereocenters. The third-order valence-corrected chi connectivity index (χ3v) is 5.56. The van der Waals surface area contributed by atoms with Crippen LogP contribution in [-0.4, -0.2) is 11.9 Å². The SMILES string of the molecule is Nc1cccc(C(=O)Oc2ccc(Sc3ccc(OC(=O)c4cccc(N)c4)cc3)cc2)c1. The van der Waals surface area contributed by atoms with Crippen LogP contribution in [-0.2, 0) is 0 Å². The molecule has 164 valence electrons. The van der Waals surface area contributed by atoms with Gasteiger partial charge in [-0.15, -0.1) is 0 Å². The van der Waals surface area contributed by atoms with Gasteiger partial charge >= 0.3 is 11.9 Å². The summed E-state index contributed by atoms with van der Waals surface area (Å²) in [6.45, 7) is 0. The molecular formula is C26H20N2O4S. The number of carbonyl (C=O) groups excluding carboxylic acids is 2. The maximum atomic E-state index is 12.2. The summed E-state index contributed by atoms with van der Waals surface area (Å²) in [7, 11) is 0. The van der Waals surface area contributed by atoms with Crippen LogP contribution >= 0.6 is 11.8 Å². The van der Waals surface area contributed by atoms with E-state index in [-0.39, 0.29) is 0 Å². The van der Waals surface area contributed by atoms with Crippen LogP contribution in [0.2, 0.25) is 0 Å².